The lowest BCUT2D eigenvalue weighted by atomic mass is 9.75. The van der Waals surface area contributed by atoms with Crippen LogP contribution in [0.3, 0.4) is 0 Å². The van der Waals surface area contributed by atoms with Gasteiger partial charge in [-0.25, -0.2) is 4.79 Å². The molecule has 10 nitrogen and oxygen atoms in total. The van der Waals surface area contributed by atoms with Crippen LogP contribution in [-0.2, 0) is 30.1 Å². The summed E-state index contributed by atoms with van der Waals surface area (Å²) >= 11 is 0. The molecule has 1 aromatic carbocycles. The highest BCUT2D eigenvalue weighted by Gasteiger charge is 2.54. The zero-order chi connectivity index (χ0) is 29.6. The van der Waals surface area contributed by atoms with Gasteiger partial charge in [0.05, 0.1) is 36.8 Å². The second-order valence-corrected chi connectivity index (χ2v) is 12.7. The second kappa shape index (κ2) is 13.4. The molecule has 0 unspecified atom stereocenters. The van der Waals surface area contributed by atoms with Gasteiger partial charge in [0.1, 0.15) is 6.04 Å². The summed E-state index contributed by atoms with van der Waals surface area (Å²) in [7, 11) is -0.677. The van der Waals surface area contributed by atoms with E-state index in [9.17, 15) is 14.4 Å². The molecule has 2 heterocycles. The Morgan fingerprint density at radius 3 is 2.15 bits per heavy atom. The summed E-state index contributed by atoms with van der Waals surface area (Å²) in [5.74, 6) is -1.15. The van der Waals surface area contributed by atoms with Crippen molar-refractivity contribution in [1.82, 2.24) is 20.9 Å². The van der Waals surface area contributed by atoms with Crippen LogP contribution < -0.4 is 16.0 Å². The first-order chi connectivity index (χ1) is 18.7. The minimum atomic E-state index is -1.07. The van der Waals surface area contributed by atoms with Crippen molar-refractivity contribution in [2.45, 2.75) is 103 Å². The molecular formula is C29H47BN4O6. The lowest BCUT2D eigenvalue weighted by Crippen LogP contribution is -2.58. The largest absolute Gasteiger partial charge is 0.481 e. The van der Waals surface area contributed by atoms with Gasteiger partial charge in [0, 0.05) is 18.6 Å². The minimum Gasteiger partial charge on any atom is -0.402 e. The molecular weight excluding hydrogens is 511 g/mol. The van der Waals surface area contributed by atoms with Crippen molar-refractivity contribution in [3.05, 3.63) is 35.9 Å². The maximum absolute atomic E-state index is 13.7. The third-order valence-corrected chi connectivity index (χ3v) is 7.60. The minimum absolute atomic E-state index is 0.163. The van der Waals surface area contributed by atoms with Gasteiger partial charge >= 0.3 is 13.1 Å². The van der Waals surface area contributed by atoms with E-state index in [2.05, 4.69) is 28.1 Å². The zero-order valence-corrected chi connectivity index (χ0v) is 25.2. The molecule has 2 aliphatic rings. The molecule has 0 saturated carbocycles. The predicted molar refractivity (Wildman–Crippen MR) is 155 cm³/mol. The number of amides is 4. The van der Waals surface area contributed by atoms with Crippen LogP contribution in [0, 0.1) is 0 Å². The number of morpholine rings is 1. The van der Waals surface area contributed by atoms with Gasteiger partial charge in [-0.1, -0.05) is 30.3 Å². The number of nitrogens with one attached hydrogen (secondary N) is 3. The molecule has 2 fully saturated rings. The van der Waals surface area contributed by atoms with Crippen LogP contribution in [0.4, 0.5) is 4.79 Å². The Labute approximate surface area is 239 Å². The fourth-order valence-electron chi connectivity index (χ4n) is 4.64. The summed E-state index contributed by atoms with van der Waals surface area (Å²) < 4.78 is 18.0. The van der Waals surface area contributed by atoms with E-state index in [1.807, 2.05) is 66.7 Å². The van der Waals surface area contributed by atoms with E-state index in [-0.39, 0.29) is 12.3 Å². The number of benzene rings is 1. The van der Waals surface area contributed by atoms with Gasteiger partial charge in [0.2, 0.25) is 11.8 Å². The SMILES string of the molecule is CC(C)(C)NC(=O)N[C@H](CC(=O)N1CCOCC1)C(=O)N[C@@H](CCCc1ccccc1)B1OC(C)(C)C(C)(C)O1. The molecule has 0 radical (unpaired) electrons. The fourth-order valence-corrected chi connectivity index (χ4v) is 4.64. The summed E-state index contributed by atoms with van der Waals surface area (Å²) in [6, 6.07) is 8.56. The lowest BCUT2D eigenvalue weighted by Gasteiger charge is -2.32. The highest BCUT2D eigenvalue weighted by molar-refractivity contribution is 6.48. The van der Waals surface area contributed by atoms with Gasteiger partial charge in [0.15, 0.2) is 0 Å². The standard InChI is InChI=1S/C29H47BN4O6/c1-27(2,3)33-26(37)31-22(20-24(35)34-16-18-38-19-17-34)25(36)32-23(15-11-14-21-12-9-8-10-13-21)30-39-28(4,5)29(6,7)40-30/h8-10,12-13,22-23H,11,14-20H2,1-7H3,(H,32,36)(H2,31,33,37)/t22-,23+/m1/s1. The van der Waals surface area contributed by atoms with Gasteiger partial charge in [-0.2, -0.15) is 0 Å². The Balaban J connectivity index is 1.76. The Morgan fingerprint density at radius 1 is 0.975 bits per heavy atom. The molecule has 0 bridgehead atoms. The van der Waals surface area contributed by atoms with Crippen LogP contribution in [0.25, 0.3) is 0 Å². The van der Waals surface area contributed by atoms with Crippen LogP contribution in [0.15, 0.2) is 30.3 Å². The Morgan fingerprint density at radius 2 is 1.57 bits per heavy atom. The smallest absolute Gasteiger partial charge is 0.402 e. The molecule has 0 aromatic heterocycles. The van der Waals surface area contributed by atoms with Crippen molar-refractivity contribution >= 4 is 25.0 Å². The molecule has 2 aliphatic heterocycles. The van der Waals surface area contributed by atoms with Crippen LogP contribution in [0.2, 0.25) is 0 Å². The van der Waals surface area contributed by atoms with E-state index in [0.29, 0.717) is 32.7 Å². The number of hydrogen-bond donors (Lipinski definition) is 3. The lowest BCUT2D eigenvalue weighted by molar-refractivity contribution is -0.138. The average Bonchev–Trinajstić information content (AvgIpc) is 3.09. The van der Waals surface area contributed by atoms with Crippen LogP contribution in [-0.4, -0.2) is 84.9 Å². The fraction of sp³-hybridized carbons (Fsp3) is 0.690. The van der Waals surface area contributed by atoms with E-state index in [0.717, 1.165) is 12.8 Å². The molecule has 11 heteroatoms. The third kappa shape index (κ3) is 9.21. The first kappa shape index (κ1) is 31.9. The molecule has 3 rings (SSSR count). The van der Waals surface area contributed by atoms with Gasteiger partial charge in [-0.15, -0.1) is 0 Å². The quantitative estimate of drug-likeness (QED) is 0.380. The molecule has 222 valence electrons. The number of carbonyl (C=O) groups is 3. The number of nitrogens with zero attached hydrogens (tertiary/aromatic N) is 1. The molecule has 0 spiro atoms. The van der Waals surface area contributed by atoms with Crippen LogP contribution >= 0.6 is 0 Å². The van der Waals surface area contributed by atoms with Crippen molar-refractivity contribution in [2.75, 3.05) is 26.3 Å². The van der Waals surface area contributed by atoms with Crippen molar-refractivity contribution in [1.29, 1.82) is 0 Å². The van der Waals surface area contributed by atoms with E-state index in [1.54, 1.807) is 4.90 Å². The maximum Gasteiger partial charge on any atom is 0.481 e. The number of hydrogen-bond acceptors (Lipinski definition) is 6. The molecule has 2 saturated heterocycles. The normalized spacial score (nSPS) is 20.0. The summed E-state index contributed by atoms with van der Waals surface area (Å²) in [6.07, 6.45) is 2.05. The van der Waals surface area contributed by atoms with Gasteiger partial charge in [0.25, 0.3) is 0 Å². The van der Waals surface area contributed by atoms with Crippen molar-refractivity contribution in [3.63, 3.8) is 0 Å². The topological polar surface area (TPSA) is 118 Å². The van der Waals surface area contributed by atoms with Crippen molar-refractivity contribution < 1.29 is 28.4 Å². The zero-order valence-electron chi connectivity index (χ0n) is 25.2. The number of carbonyl (C=O) groups excluding carboxylic acids is 3. The third-order valence-electron chi connectivity index (χ3n) is 7.60. The van der Waals surface area contributed by atoms with Crippen LogP contribution in [0.1, 0.15) is 73.3 Å². The Bertz CT molecular complexity index is 992. The Kier molecular flexibility index (Phi) is 10.7. The highest BCUT2D eigenvalue weighted by atomic mass is 16.7. The number of urea groups is 1. The summed E-state index contributed by atoms with van der Waals surface area (Å²) in [5, 5.41) is 8.62. The molecule has 2 atom stereocenters. The van der Waals surface area contributed by atoms with Gasteiger partial charge in [-0.05, 0) is 73.3 Å². The summed E-state index contributed by atoms with van der Waals surface area (Å²) in [4.78, 5) is 41.3. The molecule has 4 amide bonds. The average molecular weight is 559 g/mol. The summed E-state index contributed by atoms with van der Waals surface area (Å²) in [6.45, 7) is 15.2. The first-order valence-corrected chi connectivity index (χ1v) is 14.3. The van der Waals surface area contributed by atoms with Gasteiger partial charge in [-0.3, -0.25) is 9.59 Å². The second-order valence-electron chi connectivity index (χ2n) is 12.7. The molecule has 1 aromatic rings. The Hall–Kier alpha value is -2.63. The van der Waals surface area contributed by atoms with E-state index in [1.165, 1.54) is 5.56 Å². The number of aryl methyl sites for hydroxylation is 1. The number of ether oxygens (including phenoxy) is 1. The maximum atomic E-state index is 13.7. The predicted octanol–water partition coefficient (Wildman–Crippen LogP) is 2.84. The van der Waals surface area contributed by atoms with E-state index in [4.69, 9.17) is 14.0 Å². The summed E-state index contributed by atoms with van der Waals surface area (Å²) in [5.41, 5.74) is -0.453. The van der Waals surface area contributed by atoms with Crippen molar-refractivity contribution in [2.24, 2.45) is 0 Å². The number of rotatable bonds is 10. The monoisotopic (exact) mass is 558 g/mol. The van der Waals surface area contributed by atoms with Gasteiger partial charge < -0.3 is 34.9 Å². The highest BCUT2D eigenvalue weighted by Crippen LogP contribution is 2.38. The molecule has 40 heavy (non-hydrogen) atoms. The van der Waals surface area contributed by atoms with E-state index >= 15 is 0 Å². The van der Waals surface area contributed by atoms with E-state index < -0.39 is 47.8 Å². The van der Waals surface area contributed by atoms with Crippen LogP contribution in [0.5, 0.6) is 0 Å². The molecule has 3 N–H and O–H groups in total. The van der Waals surface area contributed by atoms with Crippen molar-refractivity contribution in [3.8, 4) is 0 Å². The molecule has 0 aliphatic carbocycles. The first-order valence-electron chi connectivity index (χ1n) is 14.3.